The van der Waals surface area contributed by atoms with Crippen molar-refractivity contribution in [3.05, 3.63) is 77.0 Å². The summed E-state index contributed by atoms with van der Waals surface area (Å²) in [7, 11) is 1.69. The number of para-hydroxylation sites is 1. The molecule has 1 aliphatic heterocycles. The van der Waals surface area contributed by atoms with Gasteiger partial charge in [-0.05, 0) is 54.8 Å². The zero-order valence-corrected chi connectivity index (χ0v) is 20.0. The third-order valence-electron chi connectivity index (χ3n) is 5.96. The molecule has 7 heteroatoms. The molecule has 2 atom stereocenters. The lowest BCUT2D eigenvalue weighted by Gasteiger charge is -2.42. The fourth-order valence-corrected chi connectivity index (χ4v) is 5.26. The Labute approximate surface area is 199 Å². The van der Waals surface area contributed by atoms with E-state index in [1.807, 2.05) is 42.5 Å². The summed E-state index contributed by atoms with van der Waals surface area (Å²) in [6, 6.07) is 22.0. The van der Waals surface area contributed by atoms with E-state index in [4.69, 9.17) is 9.47 Å². The standard InChI is InChI=1S/C26H31N3O3S/c1-20(27-25(30)19-32-23-7-4-3-5-8-23)26(24-9-6-18-33-24)29-16-14-28(15-17-29)21-10-12-22(31-2)13-11-21/h3-13,18,20,26H,14-17,19H2,1-2H3,(H,27,30)/t20-,26-/m0/s1. The molecule has 0 saturated carbocycles. The molecule has 0 spiro atoms. The summed E-state index contributed by atoms with van der Waals surface area (Å²) in [5.41, 5.74) is 1.21. The molecule has 1 aromatic heterocycles. The maximum Gasteiger partial charge on any atom is 0.258 e. The number of ether oxygens (including phenoxy) is 2. The van der Waals surface area contributed by atoms with Crippen LogP contribution in [0.5, 0.6) is 11.5 Å². The number of methoxy groups -OCH3 is 1. The molecule has 1 fully saturated rings. The third kappa shape index (κ3) is 6.06. The highest BCUT2D eigenvalue weighted by Gasteiger charge is 2.31. The van der Waals surface area contributed by atoms with E-state index >= 15 is 0 Å². The van der Waals surface area contributed by atoms with Gasteiger partial charge in [-0.15, -0.1) is 11.3 Å². The minimum atomic E-state index is -0.107. The van der Waals surface area contributed by atoms with E-state index in [1.54, 1.807) is 18.4 Å². The molecular formula is C26H31N3O3S. The lowest BCUT2D eigenvalue weighted by molar-refractivity contribution is -0.124. The smallest absolute Gasteiger partial charge is 0.258 e. The number of carbonyl (C=O) groups is 1. The molecule has 1 amide bonds. The summed E-state index contributed by atoms with van der Waals surface area (Å²) in [5.74, 6) is 1.46. The predicted octanol–water partition coefficient (Wildman–Crippen LogP) is 4.20. The van der Waals surface area contributed by atoms with E-state index in [-0.39, 0.29) is 24.6 Å². The fraction of sp³-hybridized carbons (Fsp3) is 0.346. The van der Waals surface area contributed by atoms with Crippen molar-refractivity contribution in [1.29, 1.82) is 0 Å². The summed E-state index contributed by atoms with van der Waals surface area (Å²) >= 11 is 1.74. The highest BCUT2D eigenvalue weighted by atomic mass is 32.1. The number of benzene rings is 2. The van der Waals surface area contributed by atoms with Crippen LogP contribution in [0.15, 0.2) is 72.1 Å². The van der Waals surface area contributed by atoms with Crippen LogP contribution in [0.25, 0.3) is 0 Å². The zero-order valence-electron chi connectivity index (χ0n) is 19.1. The van der Waals surface area contributed by atoms with Gasteiger partial charge in [-0.1, -0.05) is 24.3 Å². The second-order valence-electron chi connectivity index (χ2n) is 8.14. The second-order valence-corrected chi connectivity index (χ2v) is 9.12. The van der Waals surface area contributed by atoms with Crippen molar-refractivity contribution >= 4 is 22.9 Å². The Morgan fingerprint density at radius 1 is 0.970 bits per heavy atom. The fourth-order valence-electron chi connectivity index (χ4n) is 4.29. The molecule has 4 rings (SSSR count). The molecule has 6 nitrogen and oxygen atoms in total. The molecule has 3 aromatic rings. The first kappa shape index (κ1) is 23.1. The first-order valence-corrected chi connectivity index (χ1v) is 12.2. The van der Waals surface area contributed by atoms with Crippen molar-refractivity contribution in [3.63, 3.8) is 0 Å². The molecule has 0 bridgehead atoms. The average Bonchev–Trinajstić information content (AvgIpc) is 3.38. The number of thiophene rings is 1. The molecular weight excluding hydrogens is 434 g/mol. The van der Waals surface area contributed by atoms with Crippen LogP contribution in [0.1, 0.15) is 17.8 Å². The monoisotopic (exact) mass is 465 g/mol. The number of hydrogen-bond acceptors (Lipinski definition) is 6. The predicted molar refractivity (Wildman–Crippen MR) is 133 cm³/mol. The Morgan fingerprint density at radius 3 is 2.33 bits per heavy atom. The molecule has 0 unspecified atom stereocenters. The Balaban J connectivity index is 1.36. The molecule has 174 valence electrons. The van der Waals surface area contributed by atoms with Gasteiger partial charge in [0.15, 0.2) is 6.61 Å². The molecule has 2 heterocycles. The highest BCUT2D eigenvalue weighted by molar-refractivity contribution is 7.10. The van der Waals surface area contributed by atoms with Crippen molar-refractivity contribution in [2.24, 2.45) is 0 Å². The van der Waals surface area contributed by atoms with Gasteiger partial charge in [-0.3, -0.25) is 9.69 Å². The molecule has 0 aliphatic carbocycles. The number of piperazine rings is 1. The van der Waals surface area contributed by atoms with Gasteiger partial charge in [0.25, 0.3) is 5.91 Å². The maximum absolute atomic E-state index is 12.6. The second kappa shape index (κ2) is 11.2. The van der Waals surface area contributed by atoms with Gasteiger partial charge < -0.3 is 19.7 Å². The third-order valence-corrected chi connectivity index (χ3v) is 6.90. The van der Waals surface area contributed by atoms with Crippen LogP contribution in [-0.4, -0.2) is 56.7 Å². The number of rotatable bonds is 9. The van der Waals surface area contributed by atoms with Gasteiger partial charge >= 0.3 is 0 Å². The Morgan fingerprint density at radius 2 is 1.70 bits per heavy atom. The first-order chi connectivity index (χ1) is 16.1. The van der Waals surface area contributed by atoms with E-state index in [0.29, 0.717) is 5.75 Å². The van der Waals surface area contributed by atoms with Crippen molar-refractivity contribution < 1.29 is 14.3 Å². The van der Waals surface area contributed by atoms with E-state index < -0.39 is 0 Å². The Kier molecular flexibility index (Phi) is 7.86. The van der Waals surface area contributed by atoms with Gasteiger partial charge in [0.2, 0.25) is 0 Å². The lowest BCUT2D eigenvalue weighted by atomic mass is 10.0. The van der Waals surface area contributed by atoms with Gasteiger partial charge in [-0.2, -0.15) is 0 Å². The zero-order chi connectivity index (χ0) is 23.0. The topological polar surface area (TPSA) is 54.0 Å². The van der Waals surface area contributed by atoms with Gasteiger partial charge in [0.1, 0.15) is 11.5 Å². The lowest BCUT2D eigenvalue weighted by Crippen LogP contribution is -2.52. The van der Waals surface area contributed by atoms with Crippen LogP contribution in [-0.2, 0) is 4.79 Å². The van der Waals surface area contributed by atoms with Crippen molar-refractivity contribution in [2.45, 2.75) is 19.0 Å². The molecule has 33 heavy (non-hydrogen) atoms. The summed E-state index contributed by atoms with van der Waals surface area (Å²) in [5, 5.41) is 5.27. The molecule has 0 radical (unpaired) electrons. The van der Waals surface area contributed by atoms with Crippen LogP contribution in [0.3, 0.4) is 0 Å². The van der Waals surface area contributed by atoms with Crippen LogP contribution in [0.4, 0.5) is 5.69 Å². The number of amides is 1. The number of hydrogen-bond donors (Lipinski definition) is 1. The quantitative estimate of drug-likeness (QED) is 0.513. The van der Waals surface area contributed by atoms with E-state index in [2.05, 4.69) is 51.7 Å². The molecule has 1 N–H and O–H groups in total. The molecule has 1 saturated heterocycles. The van der Waals surface area contributed by atoms with E-state index in [1.165, 1.54) is 10.6 Å². The van der Waals surface area contributed by atoms with Crippen LogP contribution >= 0.6 is 11.3 Å². The van der Waals surface area contributed by atoms with Crippen LogP contribution < -0.4 is 19.7 Å². The maximum atomic E-state index is 12.6. The van der Waals surface area contributed by atoms with Crippen LogP contribution in [0, 0.1) is 0 Å². The Bertz CT molecular complexity index is 987. The van der Waals surface area contributed by atoms with Gasteiger partial charge in [-0.25, -0.2) is 0 Å². The van der Waals surface area contributed by atoms with E-state index in [0.717, 1.165) is 31.9 Å². The average molecular weight is 466 g/mol. The summed E-state index contributed by atoms with van der Waals surface area (Å²) in [6.45, 7) is 5.82. The summed E-state index contributed by atoms with van der Waals surface area (Å²) in [4.78, 5) is 18.8. The van der Waals surface area contributed by atoms with E-state index in [9.17, 15) is 4.79 Å². The number of carbonyl (C=O) groups excluding carboxylic acids is 1. The van der Waals surface area contributed by atoms with Gasteiger partial charge in [0, 0.05) is 42.8 Å². The highest BCUT2D eigenvalue weighted by Crippen LogP contribution is 2.30. The summed E-state index contributed by atoms with van der Waals surface area (Å²) < 4.78 is 10.9. The minimum Gasteiger partial charge on any atom is -0.497 e. The van der Waals surface area contributed by atoms with Gasteiger partial charge in [0.05, 0.1) is 13.2 Å². The SMILES string of the molecule is COc1ccc(N2CCN([C@H](c3cccs3)[C@H](C)NC(=O)COc3ccccc3)CC2)cc1. The summed E-state index contributed by atoms with van der Waals surface area (Å²) in [6.07, 6.45) is 0. The minimum absolute atomic E-state index is 0.0107. The molecule has 1 aliphatic rings. The number of anilines is 1. The first-order valence-electron chi connectivity index (χ1n) is 11.3. The van der Waals surface area contributed by atoms with Crippen molar-refractivity contribution in [2.75, 3.05) is 44.8 Å². The number of nitrogens with zero attached hydrogens (tertiary/aromatic N) is 2. The normalized spacial score (nSPS) is 16.1. The number of nitrogens with one attached hydrogen (secondary N) is 1. The van der Waals surface area contributed by atoms with Crippen molar-refractivity contribution in [1.82, 2.24) is 10.2 Å². The molecule has 2 aromatic carbocycles. The Hall–Kier alpha value is -3.03. The van der Waals surface area contributed by atoms with Crippen LogP contribution in [0.2, 0.25) is 0 Å². The van der Waals surface area contributed by atoms with Crippen molar-refractivity contribution in [3.8, 4) is 11.5 Å². The largest absolute Gasteiger partial charge is 0.497 e.